The lowest BCUT2D eigenvalue weighted by molar-refractivity contribution is -0.144. The second kappa shape index (κ2) is 11.4. The van der Waals surface area contributed by atoms with Crippen molar-refractivity contribution >= 4 is 17.9 Å². The van der Waals surface area contributed by atoms with Gasteiger partial charge in [-0.1, -0.05) is 18.2 Å². The van der Waals surface area contributed by atoms with Crippen LogP contribution in [0.25, 0.3) is 0 Å². The Kier molecular flexibility index (Phi) is 8.58. The van der Waals surface area contributed by atoms with Gasteiger partial charge in [0.2, 0.25) is 5.91 Å². The maximum atomic E-state index is 13.3. The largest absolute Gasteiger partial charge is 0.484 e. The Labute approximate surface area is 196 Å². The van der Waals surface area contributed by atoms with Gasteiger partial charge in [-0.25, -0.2) is 4.79 Å². The first-order valence-corrected chi connectivity index (χ1v) is 12.0. The highest BCUT2D eigenvalue weighted by Gasteiger charge is 2.34. The molecule has 2 heterocycles. The quantitative estimate of drug-likeness (QED) is 0.706. The van der Waals surface area contributed by atoms with Crippen LogP contribution in [0.5, 0.6) is 5.75 Å². The second-order valence-electron chi connectivity index (χ2n) is 9.82. The maximum absolute atomic E-state index is 13.3. The number of para-hydroxylation sites is 1. The van der Waals surface area contributed by atoms with Crippen molar-refractivity contribution in [3.05, 3.63) is 30.3 Å². The summed E-state index contributed by atoms with van der Waals surface area (Å²) in [4.78, 5) is 41.5. The van der Waals surface area contributed by atoms with E-state index in [4.69, 9.17) is 9.47 Å². The molecule has 8 nitrogen and oxygen atoms in total. The zero-order valence-corrected chi connectivity index (χ0v) is 20.0. The average Bonchev–Trinajstić information content (AvgIpc) is 2.80. The zero-order chi connectivity index (χ0) is 23.8. The minimum Gasteiger partial charge on any atom is -0.484 e. The second-order valence-corrected chi connectivity index (χ2v) is 9.82. The van der Waals surface area contributed by atoms with E-state index in [1.165, 1.54) is 0 Å². The van der Waals surface area contributed by atoms with E-state index in [0.29, 0.717) is 44.8 Å². The Bertz CT molecular complexity index is 800. The summed E-state index contributed by atoms with van der Waals surface area (Å²) >= 11 is 0. The number of rotatable bonds is 6. The standard InChI is InChI=1S/C25H37N3O5/c1-25(2,3)33-24(31)26-17-20-9-7-8-14-28(20)23(30)19-12-15-27(16-13-19)22(29)18-32-21-10-5-4-6-11-21/h4-6,10-11,19-20H,7-9,12-18H2,1-3H3,(H,26,31). The van der Waals surface area contributed by atoms with Crippen LogP contribution in [0, 0.1) is 5.92 Å². The number of piperidine rings is 2. The van der Waals surface area contributed by atoms with Crippen molar-refractivity contribution in [2.45, 2.75) is 64.5 Å². The molecule has 0 spiro atoms. The van der Waals surface area contributed by atoms with Gasteiger partial charge < -0.3 is 24.6 Å². The molecular weight excluding hydrogens is 422 g/mol. The fourth-order valence-electron chi connectivity index (χ4n) is 4.38. The van der Waals surface area contributed by atoms with Gasteiger partial charge in [0.1, 0.15) is 11.4 Å². The molecule has 3 rings (SSSR count). The molecule has 8 heteroatoms. The van der Waals surface area contributed by atoms with Gasteiger partial charge in [-0.15, -0.1) is 0 Å². The molecule has 182 valence electrons. The Morgan fingerprint density at radius 2 is 1.70 bits per heavy atom. The molecule has 2 fully saturated rings. The monoisotopic (exact) mass is 459 g/mol. The van der Waals surface area contributed by atoms with Crippen LogP contribution in [-0.2, 0) is 14.3 Å². The third-order valence-corrected chi connectivity index (χ3v) is 6.09. The van der Waals surface area contributed by atoms with Gasteiger partial charge >= 0.3 is 6.09 Å². The highest BCUT2D eigenvalue weighted by atomic mass is 16.6. The molecule has 2 aliphatic rings. The van der Waals surface area contributed by atoms with Crippen molar-refractivity contribution in [3.8, 4) is 5.75 Å². The summed E-state index contributed by atoms with van der Waals surface area (Å²) in [5, 5.41) is 2.82. The summed E-state index contributed by atoms with van der Waals surface area (Å²) in [6.45, 7) is 7.71. The van der Waals surface area contributed by atoms with Gasteiger partial charge in [0.05, 0.1) is 0 Å². The van der Waals surface area contributed by atoms with E-state index < -0.39 is 11.7 Å². The van der Waals surface area contributed by atoms with E-state index in [-0.39, 0.29) is 30.4 Å². The van der Waals surface area contributed by atoms with Gasteiger partial charge in [-0.2, -0.15) is 0 Å². The summed E-state index contributed by atoms with van der Waals surface area (Å²) in [6, 6.07) is 9.27. The molecule has 1 aromatic rings. The van der Waals surface area contributed by atoms with Gasteiger partial charge in [0, 0.05) is 38.1 Å². The maximum Gasteiger partial charge on any atom is 0.407 e. The number of alkyl carbamates (subject to hydrolysis) is 1. The van der Waals surface area contributed by atoms with Crippen LogP contribution in [0.2, 0.25) is 0 Å². The van der Waals surface area contributed by atoms with Crippen molar-refractivity contribution in [1.82, 2.24) is 15.1 Å². The predicted molar refractivity (Wildman–Crippen MR) is 125 cm³/mol. The number of likely N-dealkylation sites (tertiary alicyclic amines) is 2. The molecular formula is C25H37N3O5. The number of hydrogen-bond donors (Lipinski definition) is 1. The van der Waals surface area contributed by atoms with Gasteiger partial charge in [-0.3, -0.25) is 9.59 Å². The lowest BCUT2D eigenvalue weighted by atomic mass is 9.92. The average molecular weight is 460 g/mol. The van der Waals surface area contributed by atoms with Crippen molar-refractivity contribution in [1.29, 1.82) is 0 Å². The molecule has 0 saturated carbocycles. The van der Waals surface area contributed by atoms with Crippen molar-refractivity contribution in [2.24, 2.45) is 5.92 Å². The van der Waals surface area contributed by atoms with Gasteiger partial charge in [-0.05, 0) is 65.0 Å². The molecule has 0 aliphatic carbocycles. The number of carbonyl (C=O) groups is 3. The summed E-state index contributed by atoms with van der Waals surface area (Å²) in [5.41, 5.74) is -0.552. The molecule has 0 bridgehead atoms. The number of amides is 3. The molecule has 0 radical (unpaired) electrons. The van der Waals surface area contributed by atoms with Crippen LogP contribution in [-0.4, -0.2) is 72.1 Å². The number of hydrogen-bond acceptors (Lipinski definition) is 5. The number of ether oxygens (including phenoxy) is 2. The lowest BCUT2D eigenvalue weighted by Crippen LogP contribution is -2.53. The van der Waals surface area contributed by atoms with Crippen LogP contribution in [0.4, 0.5) is 4.79 Å². The van der Waals surface area contributed by atoms with Crippen molar-refractivity contribution < 1.29 is 23.9 Å². The van der Waals surface area contributed by atoms with E-state index in [9.17, 15) is 14.4 Å². The predicted octanol–water partition coefficient (Wildman–Crippen LogP) is 3.21. The first kappa shape index (κ1) is 24.9. The zero-order valence-electron chi connectivity index (χ0n) is 20.0. The van der Waals surface area contributed by atoms with Crippen LogP contribution in [0.3, 0.4) is 0 Å². The molecule has 1 aromatic carbocycles. The Hall–Kier alpha value is -2.77. The molecule has 2 aliphatic heterocycles. The normalized spacial score (nSPS) is 19.7. The highest BCUT2D eigenvalue weighted by molar-refractivity contribution is 5.81. The van der Waals surface area contributed by atoms with E-state index in [1.54, 1.807) is 4.90 Å². The van der Waals surface area contributed by atoms with E-state index in [0.717, 1.165) is 19.3 Å². The third-order valence-electron chi connectivity index (χ3n) is 6.09. The summed E-state index contributed by atoms with van der Waals surface area (Å²) in [5.74, 6) is 0.666. The molecule has 33 heavy (non-hydrogen) atoms. The van der Waals surface area contributed by atoms with Crippen molar-refractivity contribution in [3.63, 3.8) is 0 Å². The summed E-state index contributed by atoms with van der Waals surface area (Å²) < 4.78 is 10.9. The minimum absolute atomic E-state index is 0.00710. The van der Waals surface area contributed by atoms with E-state index >= 15 is 0 Å². The van der Waals surface area contributed by atoms with E-state index in [1.807, 2.05) is 56.0 Å². The first-order chi connectivity index (χ1) is 15.7. The Morgan fingerprint density at radius 3 is 2.36 bits per heavy atom. The first-order valence-electron chi connectivity index (χ1n) is 12.0. The Morgan fingerprint density at radius 1 is 1.00 bits per heavy atom. The number of carbonyl (C=O) groups excluding carboxylic acids is 3. The SMILES string of the molecule is CC(C)(C)OC(=O)NCC1CCCCN1C(=O)C1CCN(C(=O)COc2ccccc2)CC1. The molecule has 1 unspecified atom stereocenters. The number of benzene rings is 1. The van der Waals surface area contributed by atoms with E-state index in [2.05, 4.69) is 5.32 Å². The van der Waals surface area contributed by atoms with Crippen molar-refractivity contribution in [2.75, 3.05) is 32.8 Å². The van der Waals surface area contributed by atoms with Crippen LogP contribution < -0.4 is 10.1 Å². The lowest BCUT2D eigenvalue weighted by Gasteiger charge is -2.40. The van der Waals surface area contributed by atoms with Gasteiger partial charge in [0.15, 0.2) is 6.61 Å². The molecule has 2 saturated heterocycles. The minimum atomic E-state index is -0.552. The van der Waals surface area contributed by atoms with Crippen LogP contribution in [0.1, 0.15) is 52.9 Å². The van der Waals surface area contributed by atoms with Gasteiger partial charge in [0.25, 0.3) is 5.91 Å². The topological polar surface area (TPSA) is 88.2 Å². The Balaban J connectivity index is 1.46. The fraction of sp³-hybridized carbons (Fsp3) is 0.640. The van der Waals surface area contributed by atoms with Crippen LogP contribution >= 0.6 is 0 Å². The third kappa shape index (κ3) is 7.65. The summed E-state index contributed by atoms with van der Waals surface area (Å²) in [6.07, 6.45) is 3.74. The van der Waals surface area contributed by atoms with Crippen LogP contribution in [0.15, 0.2) is 30.3 Å². The molecule has 1 N–H and O–H groups in total. The molecule has 3 amide bonds. The fourth-order valence-corrected chi connectivity index (χ4v) is 4.38. The highest BCUT2D eigenvalue weighted by Crippen LogP contribution is 2.25. The smallest absolute Gasteiger partial charge is 0.407 e. The molecule has 1 atom stereocenters. The molecule has 0 aromatic heterocycles. The number of nitrogens with one attached hydrogen (secondary N) is 1. The number of nitrogens with zero attached hydrogens (tertiary/aromatic N) is 2. The summed E-state index contributed by atoms with van der Waals surface area (Å²) in [7, 11) is 0.